The first kappa shape index (κ1) is 15.1. The number of benzene rings is 1. The van der Waals surface area contributed by atoms with Crippen LogP contribution in [0.2, 0.25) is 0 Å². The Hall–Kier alpha value is -1.34. The van der Waals surface area contributed by atoms with Crippen LogP contribution in [0.15, 0.2) is 24.3 Å². The second-order valence-electron chi connectivity index (χ2n) is 5.56. The normalized spacial score (nSPS) is 18.4. The highest BCUT2D eigenvalue weighted by Gasteiger charge is 2.22. The fraction of sp³-hybridized carbons (Fsp3) is 0.529. The SMILES string of the molecule is CC(O)C1CCN(Cc2ccc(C#CCN)cc2)CC1. The van der Waals surface area contributed by atoms with Gasteiger partial charge in [0.05, 0.1) is 12.6 Å². The Morgan fingerprint density at radius 3 is 2.50 bits per heavy atom. The summed E-state index contributed by atoms with van der Waals surface area (Å²) in [6, 6.07) is 8.39. The molecule has 1 aromatic rings. The lowest BCUT2D eigenvalue weighted by atomic mass is 9.92. The van der Waals surface area contributed by atoms with Gasteiger partial charge in [0.2, 0.25) is 0 Å². The van der Waals surface area contributed by atoms with E-state index in [1.165, 1.54) is 5.56 Å². The summed E-state index contributed by atoms with van der Waals surface area (Å²) in [5.74, 6) is 6.37. The Morgan fingerprint density at radius 2 is 1.95 bits per heavy atom. The minimum atomic E-state index is -0.169. The average molecular weight is 272 g/mol. The molecular formula is C17H24N2O. The van der Waals surface area contributed by atoms with Crippen LogP contribution in [0.4, 0.5) is 0 Å². The molecule has 1 atom stereocenters. The van der Waals surface area contributed by atoms with E-state index in [0.717, 1.165) is 38.0 Å². The van der Waals surface area contributed by atoms with Crippen LogP contribution in [0.25, 0.3) is 0 Å². The largest absolute Gasteiger partial charge is 0.393 e. The molecule has 0 spiro atoms. The van der Waals surface area contributed by atoms with Gasteiger partial charge in [0.1, 0.15) is 0 Å². The van der Waals surface area contributed by atoms with Crippen molar-refractivity contribution in [2.75, 3.05) is 19.6 Å². The summed E-state index contributed by atoms with van der Waals surface area (Å²) in [6.45, 7) is 5.44. The van der Waals surface area contributed by atoms with E-state index in [1.807, 2.05) is 6.92 Å². The number of nitrogens with zero attached hydrogens (tertiary/aromatic N) is 1. The van der Waals surface area contributed by atoms with Crippen molar-refractivity contribution in [3.63, 3.8) is 0 Å². The molecule has 1 saturated heterocycles. The van der Waals surface area contributed by atoms with Gasteiger partial charge in [0, 0.05) is 12.1 Å². The number of likely N-dealkylation sites (tertiary alicyclic amines) is 1. The second kappa shape index (κ2) is 7.44. The molecule has 3 heteroatoms. The summed E-state index contributed by atoms with van der Waals surface area (Å²) in [4.78, 5) is 2.46. The lowest BCUT2D eigenvalue weighted by Gasteiger charge is -2.33. The molecule has 0 bridgehead atoms. The van der Waals surface area contributed by atoms with Crippen LogP contribution in [0, 0.1) is 17.8 Å². The molecule has 1 unspecified atom stereocenters. The zero-order chi connectivity index (χ0) is 14.4. The highest BCUT2D eigenvalue weighted by atomic mass is 16.3. The van der Waals surface area contributed by atoms with Gasteiger partial charge in [-0.15, -0.1) is 0 Å². The highest BCUT2D eigenvalue weighted by molar-refractivity contribution is 5.36. The first-order valence-electron chi connectivity index (χ1n) is 7.37. The maximum Gasteiger partial charge on any atom is 0.0555 e. The van der Waals surface area contributed by atoms with Gasteiger partial charge in [-0.2, -0.15) is 0 Å². The number of hydrogen-bond donors (Lipinski definition) is 2. The molecular weight excluding hydrogens is 248 g/mol. The Bertz CT molecular complexity index is 462. The third-order valence-corrected chi connectivity index (χ3v) is 4.01. The third-order valence-electron chi connectivity index (χ3n) is 4.01. The van der Waals surface area contributed by atoms with Crippen LogP contribution in [0.5, 0.6) is 0 Å². The highest BCUT2D eigenvalue weighted by Crippen LogP contribution is 2.21. The van der Waals surface area contributed by atoms with E-state index in [2.05, 4.69) is 41.0 Å². The van der Waals surface area contributed by atoms with Gasteiger partial charge in [-0.1, -0.05) is 24.0 Å². The molecule has 1 aliphatic heterocycles. The molecule has 0 amide bonds. The van der Waals surface area contributed by atoms with Gasteiger partial charge in [-0.25, -0.2) is 0 Å². The maximum atomic E-state index is 9.61. The quantitative estimate of drug-likeness (QED) is 0.822. The molecule has 0 aliphatic carbocycles. The van der Waals surface area contributed by atoms with Crippen LogP contribution in [-0.4, -0.2) is 35.7 Å². The van der Waals surface area contributed by atoms with Crippen molar-refractivity contribution in [2.24, 2.45) is 11.7 Å². The third kappa shape index (κ3) is 4.35. The van der Waals surface area contributed by atoms with E-state index in [-0.39, 0.29) is 6.10 Å². The molecule has 0 aromatic heterocycles. The molecule has 108 valence electrons. The predicted molar refractivity (Wildman–Crippen MR) is 82.1 cm³/mol. The maximum absolute atomic E-state index is 9.61. The molecule has 1 aliphatic rings. The molecule has 3 nitrogen and oxygen atoms in total. The lowest BCUT2D eigenvalue weighted by Crippen LogP contribution is -2.36. The van der Waals surface area contributed by atoms with Gasteiger partial charge in [-0.3, -0.25) is 4.90 Å². The Labute approximate surface area is 121 Å². The van der Waals surface area contributed by atoms with E-state index in [4.69, 9.17) is 5.73 Å². The van der Waals surface area contributed by atoms with Crippen LogP contribution in [-0.2, 0) is 6.54 Å². The number of nitrogens with two attached hydrogens (primary N) is 1. The van der Waals surface area contributed by atoms with E-state index >= 15 is 0 Å². The Morgan fingerprint density at radius 1 is 1.30 bits per heavy atom. The molecule has 2 rings (SSSR count). The number of piperidine rings is 1. The van der Waals surface area contributed by atoms with Crippen molar-refractivity contribution in [3.8, 4) is 11.8 Å². The minimum absolute atomic E-state index is 0.169. The molecule has 20 heavy (non-hydrogen) atoms. The summed E-state index contributed by atoms with van der Waals surface area (Å²) >= 11 is 0. The smallest absolute Gasteiger partial charge is 0.0555 e. The Kier molecular flexibility index (Phi) is 5.60. The van der Waals surface area contributed by atoms with E-state index in [0.29, 0.717) is 12.5 Å². The molecule has 0 saturated carbocycles. The minimum Gasteiger partial charge on any atom is -0.393 e. The van der Waals surface area contributed by atoms with Gasteiger partial charge in [0.15, 0.2) is 0 Å². The van der Waals surface area contributed by atoms with Crippen LogP contribution in [0.1, 0.15) is 30.9 Å². The summed E-state index contributed by atoms with van der Waals surface area (Å²) < 4.78 is 0. The summed E-state index contributed by atoms with van der Waals surface area (Å²) in [7, 11) is 0. The van der Waals surface area contributed by atoms with Crippen molar-refractivity contribution >= 4 is 0 Å². The fourth-order valence-corrected chi connectivity index (χ4v) is 2.70. The number of aliphatic hydroxyl groups excluding tert-OH is 1. The van der Waals surface area contributed by atoms with E-state index < -0.39 is 0 Å². The molecule has 3 N–H and O–H groups in total. The first-order valence-corrected chi connectivity index (χ1v) is 7.37. The van der Waals surface area contributed by atoms with Crippen molar-refractivity contribution in [3.05, 3.63) is 35.4 Å². The fourth-order valence-electron chi connectivity index (χ4n) is 2.70. The first-order chi connectivity index (χ1) is 9.69. The summed E-state index contributed by atoms with van der Waals surface area (Å²) in [5.41, 5.74) is 7.70. The van der Waals surface area contributed by atoms with Crippen molar-refractivity contribution in [1.82, 2.24) is 4.90 Å². The van der Waals surface area contributed by atoms with Crippen molar-refractivity contribution in [1.29, 1.82) is 0 Å². The standard InChI is InChI=1S/C17H24N2O/c1-14(20)17-8-11-19(12-9-17)13-16-6-4-15(5-7-16)3-2-10-18/h4-7,14,17,20H,8-13,18H2,1H3. The monoisotopic (exact) mass is 272 g/mol. The average Bonchev–Trinajstić information content (AvgIpc) is 2.47. The number of aliphatic hydroxyl groups is 1. The van der Waals surface area contributed by atoms with Gasteiger partial charge < -0.3 is 10.8 Å². The predicted octanol–water partition coefficient (Wildman–Crippen LogP) is 1.59. The lowest BCUT2D eigenvalue weighted by molar-refractivity contribution is 0.0695. The number of hydrogen-bond acceptors (Lipinski definition) is 3. The number of rotatable bonds is 3. The summed E-state index contributed by atoms with van der Waals surface area (Å²) in [6.07, 6.45) is 2.02. The van der Waals surface area contributed by atoms with Gasteiger partial charge in [-0.05, 0) is 56.5 Å². The van der Waals surface area contributed by atoms with Crippen LogP contribution in [0.3, 0.4) is 0 Å². The molecule has 0 radical (unpaired) electrons. The van der Waals surface area contributed by atoms with Crippen molar-refractivity contribution in [2.45, 2.75) is 32.4 Å². The molecule has 1 aromatic carbocycles. The van der Waals surface area contributed by atoms with Gasteiger partial charge in [0.25, 0.3) is 0 Å². The Balaban J connectivity index is 1.85. The van der Waals surface area contributed by atoms with Crippen molar-refractivity contribution < 1.29 is 5.11 Å². The second-order valence-corrected chi connectivity index (χ2v) is 5.56. The summed E-state index contributed by atoms with van der Waals surface area (Å²) in [5, 5.41) is 9.61. The van der Waals surface area contributed by atoms with Gasteiger partial charge >= 0.3 is 0 Å². The van der Waals surface area contributed by atoms with E-state index in [9.17, 15) is 5.11 Å². The molecule has 1 fully saturated rings. The zero-order valence-corrected chi connectivity index (χ0v) is 12.2. The topological polar surface area (TPSA) is 49.5 Å². The molecule has 1 heterocycles. The zero-order valence-electron chi connectivity index (χ0n) is 12.2. The van der Waals surface area contributed by atoms with Crippen LogP contribution < -0.4 is 5.73 Å². The van der Waals surface area contributed by atoms with E-state index in [1.54, 1.807) is 0 Å². The van der Waals surface area contributed by atoms with Crippen LogP contribution >= 0.6 is 0 Å².